The summed E-state index contributed by atoms with van der Waals surface area (Å²) in [5.74, 6) is 1.93. The van der Waals surface area contributed by atoms with E-state index in [-0.39, 0.29) is 0 Å². The van der Waals surface area contributed by atoms with Crippen LogP contribution < -0.4 is 5.32 Å². The molecule has 0 aromatic carbocycles. The normalized spacial score (nSPS) is 29.1. The third-order valence-electron chi connectivity index (χ3n) is 2.55. The van der Waals surface area contributed by atoms with Crippen molar-refractivity contribution < 1.29 is 4.52 Å². The molecule has 0 bridgehead atoms. The third kappa shape index (κ3) is 1.88. The molecule has 1 N–H and O–H groups in total. The standard InChI is InChI=1S/C9H15N3O/c1-6-3-4-8(5-10-6)9-11-7(2)12-13-9/h6,8,10H,3-5H2,1-2H3/t6-,8+/m0/s1. The number of aromatic nitrogens is 2. The lowest BCUT2D eigenvalue weighted by Crippen LogP contribution is -2.35. The Bertz CT molecular complexity index is 276. The summed E-state index contributed by atoms with van der Waals surface area (Å²) in [4.78, 5) is 4.24. The van der Waals surface area contributed by atoms with Gasteiger partial charge in [-0.25, -0.2) is 0 Å². The molecule has 4 nitrogen and oxygen atoms in total. The molecule has 0 unspecified atom stereocenters. The Hall–Kier alpha value is -0.900. The maximum atomic E-state index is 5.14. The highest BCUT2D eigenvalue weighted by molar-refractivity contribution is 4.96. The lowest BCUT2D eigenvalue weighted by atomic mass is 9.95. The second-order valence-electron chi connectivity index (χ2n) is 3.76. The van der Waals surface area contributed by atoms with Crippen LogP contribution in [0.3, 0.4) is 0 Å². The molecule has 0 aliphatic carbocycles. The van der Waals surface area contributed by atoms with E-state index in [2.05, 4.69) is 22.4 Å². The number of hydrogen-bond acceptors (Lipinski definition) is 4. The van der Waals surface area contributed by atoms with E-state index in [9.17, 15) is 0 Å². The molecule has 0 saturated carbocycles. The molecule has 1 aliphatic heterocycles. The Labute approximate surface area is 77.7 Å². The van der Waals surface area contributed by atoms with Crippen LogP contribution in [0.4, 0.5) is 0 Å². The maximum absolute atomic E-state index is 5.14. The predicted molar refractivity (Wildman–Crippen MR) is 48.5 cm³/mol. The average Bonchev–Trinajstić information content (AvgIpc) is 2.53. The quantitative estimate of drug-likeness (QED) is 0.708. The zero-order valence-electron chi connectivity index (χ0n) is 8.08. The van der Waals surface area contributed by atoms with Gasteiger partial charge in [-0.2, -0.15) is 4.98 Å². The van der Waals surface area contributed by atoms with Crippen molar-refractivity contribution in [3.8, 4) is 0 Å². The van der Waals surface area contributed by atoms with Gasteiger partial charge in [-0.3, -0.25) is 0 Å². The first-order chi connectivity index (χ1) is 6.25. The summed E-state index contributed by atoms with van der Waals surface area (Å²) in [6.07, 6.45) is 2.34. The first-order valence-corrected chi connectivity index (χ1v) is 4.79. The molecule has 1 aromatic rings. The fourth-order valence-electron chi connectivity index (χ4n) is 1.69. The number of nitrogens with one attached hydrogen (secondary N) is 1. The Kier molecular flexibility index (Phi) is 2.31. The number of hydrogen-bond donors (Lipinski definition) is 1. The van der Waals surface area contributed by atoms with Crippen molar-refractivity contribution in [1.82, 2.24) is 15.5 Å². The molecular weight excluding hydrogens is 166 g/mol. The highest BCUT2D eigenvalue weighted by atomic mass is 16.5. The van der Waals surface area contributed by atoms with Crippen molar-refractivity contribution in [2.45, 2.75) is 38.6 Å². The molecule has 2 atom stereocenters. The summed E-state index contributed by atoms with van der Waals surface area (Å²) in [5, 5.41) is 7.21. The van der Waals surface area contributed by atoms with Crippen LogP contribution in [0.15, 0.2) is 4.52 Å². The first kappa shape index (κ1) is 8.69. The molecule has 0 amide bonds. The fourth-order valence-corrected chi connectivity index (χ4v) is 1.69. The molecule has 1 fully saturated rings. The van der Waals surface area contributed by atoms with Crippen molar-refractivity contribution in [1.29, 1.82) is 0 Å². The Morgan fingerprint density at radius 3 is 2.85 bits per heavy atom. The maximum Gasteiger partial charge on any atom is 0.231 e. The van der Waals surface area contributed by atoms with Gasteiger partial charge in [0, 0.05) is 12.6 Å². The lowest BCUT2D eigenvalue weighted by molar-refractivity contribution is 0.300. The van der Waals surface area contributed by atoms with Crippen LogP contribution in [-0.4, -0.2) is 22.7 Å². The van der Waals surface area contributed by atoms with Crippen molar-refractivity contribution in [2.75, 3.05) is 6.54 Å². The van der Waals surface area contributed by atoms with Gasteiger partial charge in [0.25, 0.3) is 0 Å². The van der Waals surface area contributed by atoms with Crippen LogP contribution in [0.2, 0.25) is 0 Å². The van der Waals surface area contributed by atoms with E-state index in [1.165, 1.54) is 6.42 Å². The summed E-state index contributed by atoms with van der Waals surface area (Å²) >= 11 is 0. The molecule has 72 valence electrons. The minimum absolute atomic E-state index is 0.414. The van der Waals surface area contributed by atoms with Crippen molar-refractivity contribution in [3.63, 3.8) is 0 Å². The Balaban J connectivity index is 2.02. The van der Waals surface area contributed by atoms with Crippen LogP contribution in [0, 0.1) is 6.92 Å². The SMILES string of the molecule is Cc1noc([C@@H]2CC[C@H](C)NC2)n1. The number of aryl methyl sites for hydroxylation is 1. The highest BCUT2D eigenvalue weighted by Crippen LogP contribution is 2.23. The molecule has 1 aliphatic rings. The molecule has 4 heteroatoms. The monoisotopic (exact) mass is 181 g/mol. The third-order valence-corrected chi connectivity index (χ3v) is 2.55. The van der Waals surface area contributed by atoms with Gasteiger partial charge in [-0.05, 0) is 26.7 Å². The second-order valence-corrected chi connectivity index (χ2v) is 3.76. The summed E-state index contributed by atoms with van der Waals surface area (Å²) in [5.41, 5.74) is 0. The molecule has 13 heavy (non-hydrogen) atoms. The summed E-state index contributed by atoms with van der Waals surface area (Å²) in [6.45, 7) is 5.02. The zero-order chi connectivity index (χ0) is 9.26. The highest BCUT2D eigenvalue weighted by Gasteiger charge is 2.23. The van der Waals surface area contributed by atoms with Crippen LogP contribution in [0.1, 0.15) is 37.4 Å². The van der Waals surface area contributed by atoms with E-state index in [1.54, 1.807) is 0 Å². The summed E-state index contributed by atoms with van der Waals surface area (Å²) < 4.78 is 5.14. The minimum atomic E-state index is 0.414. The van der Waals surface area contributed by atoms with Crippen LogP contribution in [0.25, 0.3) is 0 Å². The fraction of sp³-hybridized carbons (Fsp3) is 0.778. The summed E-state index contributed by atoms with van der Waals surface area (Å²) in [6, 6.07) is 0.625. The topological polar surface area (TPSA) is 51.0 Å². The van der Waals surface area contributed by atoms with E-state index in [1.807, 2.05) is 6.92 Å². The van der Waals surface area contributed by atoms with Gasteiger partial charge in [-0.1, -0.05) is 5.16 Å². The zero-order valence-corrected chi connectivity index (χ0v) is 8.08. The van der Waals surface area contributed by atoms with Gasteiger partial charge < -0.3 is 9.84 Å². The minimum Gasteiger partial charge on any atom is -0.339 e. The number of piperidine rings is 1. The molecule has 1 saturated heterocycles. The van der Waals surface area contributed by atoms with E-state index >= 15 is 0 Å². The first-order valence-electron chi connectivity index (χ1n) is 4.79. The summed E-state index contributed by atoms with van der Waals surface area (Å²) in [7, 11) is 0. The van der Waals surface area contributed by atoms with Gasteiger partial charge in [0.05, 0.1) is 5.92 Å². The van der Waals surface area contributed by atoms with Gasteiger partial charge in [-0.15, -0.1) is 0 Å². The van der Waals surface area contributed by atoms with E-state index in [4.69, 9.17) is 4.52 Å². The van der Waals surface area contributed by atoms with Gasteiger partial charge >= 0.3 is 0 Å². The van der Waals surface area contributed by atoms with Crippen molar-refractivity contribution >= 4 is 0 Å². The molecule has 0 spiro atoms. The van der Waals surface area contributed by atoms with Crippen LogP contribution in [-0.2, 0) is 0 Å². The van der Waals surface area contributed by atoms with E-state index < -0.39 is 0 Å². The van der Waals surface area contributed by atoms with Crippen LogP contribution in [0.5, 0.6) is 0 Å². The van der Waals surface area contributed by atoms with E-state index in [0.29, 0.717) is 12.0 Å². The molecular formula is C9H15N3O. The van der Waals surface area contributed by atoms with Gasteiger partial charge in [0.2, 0.25) is 5.89 Å². The molecule has 0 radical (unpaired) electrons. The molecule has 2 rings (SSSR count). The second kappa shape index (κ2) is 3.46. The van der Waals surface area contributed by atoms with Crippen LogP contribution >= 0.6 is 0 Å². The molecule has 2 heterocycles. The van der Waals surface area contributed by atoms with E-state index in [0.717, 1.165) is 24.7 Å². The largest absolute Gasteiger partial charge is 0.339 e. The van der Waals surface area contributed by atoms with Crippen molar-refractivity contribution in [3.05, 3.63) is 11.7 Å². The smallest absolute Gasteiger partial charge is 0.231 e. The number of nitrogens with zero attached hydrogens (tertiary/aromatic N) is 2. The lowest BCUT2D eigenvalue weighted by Gasteiger charge is -2.24. The molecule has 1 aromatic heterocycles. The van der Waals surface area contributed by atoms with Gasteiger partial charge in [0.15, 0.2) is 5.82 Å². The number of rotatable bonds is 1. The van der Waals surface area contributed by atoms with Gasteiger partial charge in [0.1, 0.15) is 0 Å². The average molecular weight is 181 g/mol. The Morgan fingerprint density at radius 1 is 1.46 bits per heavy atom. The van der Waals surface area contributed by atoms with Crippen molar-refractivity contribution in [2.24, 2.45) is 0 Å². The predicted octanol–water partition coefficient (Wildman–Crippen LogP) is 1.23. The Morgan fingerprint density at radius 2 is 2.31 bits per heavy atom.